The Bertz CT molecular complexity index is 332. The van der Waals surface area contributed by atoms with Crippen molar-refractivity contribution in [2.24, 2.45) is 0 Å². The molecule has 64 valence electrons. The van der Waals surface area contributed by atoms with E-state index in [1.807, 2.05) is 0 Å². The molecule has 3 heteroatoms. The van der Waals surface area contributed by atoms with Crippen molar-refractivity contribution in [3.05, 3.63) is 23.3 Å². The van der Waals surface area contributed by atoms with Gasteiger partial charge in [-0.05, 0) is 31.5 Å². The normalized spacial score (nSPS) is 9.83. The fourth-order valence-corrected chi connectivity index (χ4v) is 1.07. The maximum absolute atomic E-state index is 11.0. The molecule has 0 aromatic heterocycles. The molecule has 0 aliphatic carbocycles. The zero-order valence-corrected chi connectivity index (χ0v) is 7.09. The van der Waals surface area contributed by atoms with Gasteiger partial charge in [-0.25, -0.2) is 0 Å². The van der Waals surface area contributed by atoms with Crippen molar-refractivity contribution in [3.8, 4) is 5.75 Å². The molecule has 0 atom stereocenters. The van der Waals surface area contributed by atoms with E-state index in [2.05, 4.69) is 0 Å². The second-order valence-electron chi connectivity index (χ2n) is 2.78. The molecule has 1 aromatic carbocycles. The summed E-state index contributed by atoms with van der Waals surface area (Å²) in [5.74, 6) is -0.0570. The van der Waals surface area contributed by atoms with Gasteiger partial charge in [0.2, 0.25) is 0 Å². The van der Waals surface area contributed by atoms with E-state index in [4.69, 9.17) is 10.8 Å². The Labute approximate surface area is 70.8 Å². The number of Topliss-reactive ketones (excluding diaryl/α,β-unsaturated/α-hetero) is 1. The number of benzene rings is 1. The van der Waals surface area contributed by atoms with Gasteiger partial charge in [-0.2, -0.15) is 0 Å². The standard InChI is InChI=1S/C9H11NO2/c1-5-3-7(12)4-8(6(2)11)9(5)10/h3-4,12H,10H2,1-2H3. The monoisotopic (exact) mass is 165 g/mol. The Hall–Kier alpha value is -1.51. The van der Waals surface area contributed by atoms with Crippen LogP contribution in [0.5, 0.6) is 5.75 Å². The first-order valence-electron chi connectivity index (χ1n) is 3.62. The summed E-state index contributed by atoms with van der Waals surface area (Å²) in [4.78, 5) is 11.0. The number of nitrogen functional groups attached to an aromatic ring is 1. The van der Waals surface area contributed by atoms with E-state index in [-0.39, 0.29) is 11.5 Å². The number of aryl methyl sites for hydroxylation is 1. The van der Waals surface area contributed by atoms with Gasteiger partial charge in [0, 0.05) is 11.3 Å². The Morgan fingerprint density at radius 1 is 1.50 bits per heavy atom. The van der Waals surface area contributed by atoms with Gasteiger partial charge in [-0.1, -0.05) is 0 Å². The minimum atomic E-state index is -0.133. The molecule has 0 heterocycles. The fraction of sp³-hybridized carbons (Fsp3) is 0.222. The molecule has 1 aromatic rings. The second-order valence-corrected chi connectivity index (χ2v) is 2.78. The van der Waals surface area contributed by atoms with Crippen molar-refractivity contribution in [1.29, 1.82) is 0 Å². The number of hydrogen-bond donors (Lipinski definition) is 2. The lowest BCUT2D eigenvalue weighted by atomic mass is 10.1. The van der Waals surface area contributed by atoms with Crippen LogP contribution in [0.1, 0.15) is 22.8 Å². The Morgan fingerprint density at radius 2 is 2.08 bits per heavy atom. The summed E-state index contributed by atoms with van der Waals surface area (Å²) in [5.41, 5.74) is 7.17. The number of carbonyl (C=O) groups is 1. The van der Waals surface area contributed by atoms with Gasteiger partial charge in [0.25, 0.3) is 0 Å². The molecule has 0 saturated heterocycles. The topological polar surface area (TPSA) is 63.3 Å². The lowest BCUT2D eigenvalue weighted by Gasteiger charge is -2.05. The van der Waals surface area contributed by atoms with Crippen LogP contribution in [0.15, 0.2) is 12.1 Å². The third-order valence-electron chi connectivity index (χ3n) is 1.75. The van der Waals surface area contributed by atoms with Crippen LogP contribution in [-0.4, -0.2) is 10.9 Å². The minimum Gasteiger partial charge on any atom is -0.508 e. The number of aromatic hydroxyl groups is 1. The lowest BCUT2D eigenvalue weighted by Crippen LogP contribution is -2.01. The lowest BCUT2D eigenvalue weighted by molar-refractivity contribution is 0.101. The van der Waals surface area contributed by atoms with Gasteiger partial charge < -0.3 is 10.8 Å². The maximum Gasteiger partial charge on any atom is 0.162 e. The van der Waals surface area contributed by atoms with Gasteiger partial charge in [-0.3, -0.25) is 4.79 Å². The highest BCUT2D eigenvalue weighted by Crippen LogP contribution is 2.23. The summed E-state index contributed by atoms with van der Waals surface area (Å²) >= 11 is 0. The molecule has 0 bridgehead atoms. The molecule has 0 aliphatic rings. The molecule has 0 amide bonds. The van der Waals surface area contributed by atoms with Crippen LogP contribution in [0.25, 0.3) is 0 Å². The van der Waals surface area contributed by atoms with E-state index < -0.39 is 0 Å². The van der Waals surface area contributed by atoms with Crippen LogP contribution in [0.4, 0.5) is 5.69 Å². The van der Waals surface area contributed by atoms with Crippen LogP contribution in [-0.2, 0) is 0 Å². The minimum absolute atomic E-state index is 0.0758. The SMILES string of the molecule is CC(=O)c1cc(O)cc(C)c1N. The van der Waals surface area contributed by atoms with E-state index in [9.17, 15) is 4.79 Å². The summed E-state index contributed by atoms with van der Waals surface area (Å²) in [7, 11) is 0. The van der Waals surface area contributed by atoms with Crippen molar-refractivity contribution in [1.82, 2.24) is 0 Å². The zero-order chi connectivity index (χ0) is 9.30. The second kappa shape index (κ2) is 2.85. The number of nitrogens with two attached hydrogens (primary N) is 1. The third-order valence-corrected chi connectivity index (χ3v) is 1.75. The molecule has 0 aliphatic heterocycles. The van der Waals surface area contributed by atoms with Crippen LogP contribution < -0.4 is 5.73 Å². The molecule has 0 unspecified atom stereocenters. The summed E-state index contributed by atoms with van der Waals surface area (Å²) < 4.78 is 0. The Balaban J connectivity index is 3.37. The van der Waals surface area contributed by atoms with Gasteiger partial charge in [-0.15, -0.1) is 0 Å². The number of carbonyl (C=O) groups excluding carboxylic acids is 1. The van der Waals surface area contributed by atoms with Crippen molar-refractivity contribution >= 4 is 11.5 Å². The van der Waals surface area contributed by atoms with Crippen molar-refractivity contribution in [2.75, 3.05) is 5.73 Å². The highest BCUT2D eigenvalue weighted by Gasteiger charge is 2.08. The molecule has 0 fully saturated rings. The number of phenols is 1. The Morgan fingerprint density at radius 3 is 2.58 bits per heavy atom. The van der Waals surface area contributed by atoms with E-state index in [1.54, 1.807) is 6.92 Å². The average molecular weight is 165 g/mol. The van der Waals surface area contributed by atoms with Gasteiger partial charge in [0.1, 0.15) is 5.75 Å². The quantitative estimate of drug-likeness (QED) is 0.376. The van der Waals surface area contributed by atoms with Crippen LogP contribution in [0.3, 0.4) is 0 Å². The van der Waals surface area contributed by atoms with E-state index >= 15 is 0 Å². The highest BCUT2D eigenvalue weighted by molar-refractivity contribution is 6.00. The molecule has 3 nitrogen and oxygen atoms in total. The molecule has 12 heavy (non-hydrogen) atoms. The molecular weight excluding hydrogens is 154 g/mol. The van der Waals surface area contributed by atoms with Gasteiger partial charge in [0.05, 0.1) is 0 Å². The Kier molecular flexibility index (Phi) is 2.04. The number of ketones is 1. The molecule has 0 saturated carbocycles. The number of anilines is 1. The van der Waals surface area contributed by atoms with Crippen molar-refractivity contribution < 1.29 is 9.90 Å². The van der Waals surface area contributed by atoms with E-state index in [0.717, 1.165) is 5.56 Å². The summed E-state index contributed by atoms with van der Waals surface area (Å²) in [6.45, 7) is 3.17. The largest absolute Gasteiger partial charge is 0.508 e. The highest BCUT2D eigenvalue weighted by atomic mass is 16.3. The van der Waals surface area contributed by atoms with Crippen molar-refractivity contribution in [3.63, 3.8) is 0 Å². The first-order valence-corrected chi connectivity index (χ1v) is 3.62. The number of phenolic OH excluding ortho intramolecular Hbond substituents is 1. The molecular formula is C9H11NO2. The van der Waals surface area contributed by atoms with Crippen LogP contribution in [0.2, 0.25) is 0 Å². The van der Waals surface area contributed by atoms with Crippen LogP contribution in [0, 0.1) is 6.92 Å². The number of rotatable bonds is 1. The summed E-state index contributed by atoms with van der Waals surface area (Å²) in [6, 6.07) is 2.91. The van der Waals surface area contributed by atoms with Gasteiger partial charge >= 0.3 is 0 Å². The van der Waals surface area contributed by atoms with E-state index in [0.29, 0.717) is 11.3 Å². The average Bonchev–Trinajstić information content (AvgIpc) is 1.96. The molecule has 1 rings (SSSR count). The third kappa shape index (κ3) is 1.39. The summed E-state index contributed by atoms with van der Waals surface area (Å²) in [5, 5.41) is 9.16. The summed E-state index contributed by atoms with van der Waals surface area (Å²) in [6.07, 6.45) is 0. The van der Waals surface area contributed by atoms with E-state index in [1.165, 1.54) is 19.1 Å². The predicted octanol–water partition coefficient (Wildman–Crippen LogP) is 1.49. The number of hydrogen-bond acceptors (Lipinski definition) is 3. The maximum atomic E-state index is 11.0. The first-order chi connectivity index (χ1) is 5.52. The van der Waals surface area contributed by atoms with Crippen molar-refractivity contribution in [2.45, 2.75) is 13.8 Å². The van der Waals surface area contributed by atoms with Gasteiger partial charge in [0.15, 0.2) is 5.78 Å². The zero-order valence-electron chi connectivity index (χ0n) is 7.09. The smallest absolute Gasteiger partial charge is 0.162 e. The first kappa shape index (κ1) is 8.59. The van der Waals surface area contributed by atoms with Crippen LogP contribution >= 0.6 is 0 Å². The predicted molar refractivity (Wildman–Crippen MR) is 47.3 cm³/mol. The molecule has 3 N–H and O–H groups in total. The molecule has 0 radical (unpaired) electrons. The molecule has 0 spiro atoms. The fourth-order valence-electron chi connectivity index (χ4n) is 1.07.